The molecule has 0 saturated carbocycles. The fourth-order valence-electron chi connectivity index (χ4n) is 3.77. The van der Waals surface area contributed by atoms with Gasteiger partial charge in [0.25, 0.3) is 0 Å². The van der Waals surface area contributed by atoms with Crippen LogP contribution in [0.4, 0.5) is 0 Å². The Balaban J connectivity index is 1.70. The predicted molar refractivity (Wildman–Crippen MR) is 91.4 cm³/mol. The molecule has 0 amide bonds. The number of hydrogen-bond donors (Lipinski definition) is 2. The van der Waals surface area contributed by atoms with E-state index in [1.54, 1.807) is 12.1 Å². The zero-order valence-electron chi connectivity index (χ0n) is 12.7. The van der Waals surface area contributed by atoms with Crippen LogP contribution in [0.3, 0.4) is 0 Å². The number of nitrogens with zero attached hydrogens (tertiary/aromatic N) is 2. The summed E-state index contributed by atoms with van der Waals surface area (Å²) in [6, 6.07) is 11.0. The third kappa shape index (κ3) is 1.43. The minimum absolute atomic E-state index is 0.202. The maximum absolute atomic E-state index is 10.2. The molecule has 114 valence electrons. The summed E-state index contributed by atoms with van der Waals surface area (Å²) >= 11 is 0. The Labute approximate surface area is 137 Å². The maximum Gasteiger partial charge on any atom is 0.141 e. The Bertz CT molecular complexity index is 1130. The Kier molecular flexibility index (Phi) is 1.97. The summed E-state index contributed by atoms with van der Waals surface area (Å²) in [6.45, 7) is 0. The van der Waals surface area contributed by atoms with Gasteiger partial charge in [0.2, 0.25) is 0 Å². The molecule has 0 radical (unpaired) electrons. The van der Waals surface area contributed by atoms with Gasteiger partial charge in [0.1, 0.15) is 22.5 Å². The molecule has 0 fully saturated rings. The lowest BCUT2D eigenvalue weighted by atomic mass is 10.1. The van der Waals surface area contributed by atoms with Crippen LogP contribution < -0.4 is 0 Å². The molecular weight excluding hydrogens is 300 g/mol. The second kappa shape index (κ2) is 3.85. The Hall–Kier alpha value is -3.14. The number of hydrogen-bond acceptors (Lipinski definition) is 4. The van der Waals surface area contributed by atoms with Crippen LogP contribution in [0, 0.1) is 0 Å². The first-order valence-electron chi connectivity index (χ1n) is 7.99. The molecule has 4 aromatic rings. The Morgan fingerprint density at radius 3 is 1.54 bits per heavy atom. The molecule has 24 heavy (non-hydrogen) atoms. The van der Waals surface area contributed by atoms with Crippen LogP contribution >= 0.6 is 0 Å². The average molecular weight is 312 g/mol. The summed E-state index contributed by atoms with van der Waals surface area (Å²) in [4.78, 5) is 9.47. The van der Waals surface area contributed by atoms with E-state index < -0.39 is 0 Å². The van der Waals surface area contributed by atoms with Crippen molar-refractivity contribution in [2.24, 2.45) is 0 Å². The molecule has 0 aliphatic heterocycles. The largest absolute Gasteiger partial charge is 0.506 e. The normalized spacial score (nSPS) is 13.8. The highest BCUT2D eigenvalue weighted by atomic mass is 16.3. The number of aromatic hydroxyl groups is 2. The standard InChI is InChI=1S/C20H12N2O2/c23-15-5-1-3-9-11-7-13(11)19(21-17(9)15)20-14-8-12(14)10-4-2-6-16(24)18(10)22-20/h1-6,23-24H,7-8H2. The third-order valence-electron chi connectivity index (χ3n) is 5.11. The second-order valence-corrected chi connectivity index (χ2v) is 6.54. The van der Waals surface area contributed by atoms with Crippen molar-refractivity contribution in [3.8, 4) is 22.9 Å². The van der Waals surface area contributed by atoms with E-state index in [2.05, 4.69) is 0 Å². The molecule has 4 heteroatoms. The average Bonchev–Trinajstić information content (AvgIpc) is 3.46. The number of pyridine rings is 2. The molecule has 0 saturated heterocycles. The van der Waals surface area contributed by atoms with Gasteiger partial charge in [0.05, 0.1) is 11.4 Å². The van der Waals surface area contributed by atoms with Crippen LogP contribution in [0.15, 0.2) is 36.4 Å². The summed E-state index contributed by atoms with van der Waals surface area (Å²) in [5.74, 6) is 0.404. The van der Waals surface area contributed by atoms with Gasteiger partial charge in [-0.2, -0.15) is 0 Å². The van der Waals surface area contributed by atoms with Crippen molar-refractivity contribution < 1.29 is 10.2 Å². The SMILES string of the molecule is Oc1cccc2c3c(c(-c4nc5c(O)cccc5c5c4C5)nc12)C3. The quantitative estimate of drug-likeness (QED) is 0.486. The molecule has 4 nitrogen and oxygen atoms in total. The monoisotopic (exact) mass is 312 g/mol. The Morgan fingerprint density at radius 1 is 0.625 bits per heavy atom. The van der Waals surface area contributed by atoms with E-state index in [0.29, 0.717) is 11.0 Å². The van der Waals surface area contributed by atoms with Gasteiger partial charge in [-0.3, -0.25) is 0 Å². The fraction of sp³-hybridized carbons (Fsp3) is 0.100. The number of phenols is 2. The molecule has 2 aliphatic carbocycles. The highest BCUT2D eigenvalue weighted by Gasteiger charge is 2.34. The van der Waals surface area contributed by atoms with Gasteiger partial charge >= 0.3 is 0 Å². The van der Waals surface area contributed by atoms with Crippen molar-refractivity contribution in [1.29, 1.82) is 0 Å². The van der Waals surface area contributed by atoms with Crippen molar-refractivity contribution in [2.45, 2.75) is 12.8 Å². The first-order chi connectivity index (χ1) is 11.7. The molecule has 2 aromatic heterocycles. The summed E-state index contributed by atoms with van der Waals surface area (Å²) < 4.78 is 0. The molecule has 0 spiro atoms. The van der Waals surface area contributed by atoms with Crippen LogP contribution in [-0.2, 0) is 12.8 Å². The van der Waals surface area contributed by atoms with E-state index in [4.69, 9.17) is 9.97 Å². The number of rotatable bonds is 1. The van der Waals surface area contributed by atoms with Crippen molar-refractivity contribution in [3.63, 3.8) is 0 Å². The fourth-order valence-corrected chi connectivity index (χ4v) is 3.77. The van der Waals surface area contributed by atoms with Gasteiger partial charge in [-0.1, -0.05) is 24.3 Å². The van der Waals surface area contributed by atoms with Gasteiger partial charge in [0, 0.05) is 23.6 Å². The summed E-state index contributed by atoms with van der Waals surface area (Å²) in [6.07, 6.45) is 1.79. The van der Waals surface area contributed by atoms with E-state index in [1.165, 1.54) is 22.3 Å². The first kappa shape index (κ1) is 12.3. The van der Waals surface area contributed by atoms with Crippen molar-refractivity contribution in [1.82, 2.24) is 9.97 Å². The number of phenolic OH excluding ortho intramolecular Hbond substituents is 2. The molecular formula is C20H12N2O2. The van der Waals surface area contributed by atoms with Crippen molar-refractivity contribution in [2.75, 3.05) is 0 Å². The maximum atomic E-state index is 10.2. The summed E-state index contributed by atoms with van der Waals surface area (Å²) in [5, 5.41) is 22.4. The lowest BCUT2D eigenvalue weighted by molar-refractivity contribution is 0.480. The van der Waals surface area contributed by atoms with E-state index >= 15 is 0 Å². The number of benzene rings is 2. The molecule has 2 heterocycles. The first-order valence-corrected chi connectivity index (χ1v) is 7.99. The van der Waals surface area contributed by atoms with Gasteiger partial charge in [-0.15, -0.1) is 0 Å². The summed E-state index contributed by atoms with van der Waals surface area (Å²) in [5.41, 5.74) is 7.92. The molecule has 0 atom stereocenters. The molecule has 0 bridgehead atoms. The van der Waals surface area contributed by atoms with Gasteiger partial charge in [-0.25, -0.2) is 9.97 Å². The molecule has 2 N–H and O–H groups in total. The smallest absolute Gasteiger partial charge is 0.141 e. The molecule has 2 aromatic carbocycles. The van der Waals surface area contributed by atoms with E-state index in [9.17, 15) is 10.2 Å². The van der Waals surface area contributed by atoms with E-state index in [1.807, 2.05) is 24.3 Å². The topological polar surface area (TPSA) is 66.2 Å². The number of fused-ring (bicyclic) bond motifs is 6. The van der Waals surface area contributed by atoms with Crippen LogP contribution in [0.2, 0.25) is 0 Å². The van der Waals surface area contributed by atoms with Crippen LogP contribution in [0.25, 0.3) is 33.2 Å². The lowest BCUT2D eigenvalue weighted by Gasteiger charge is -2.06. The van der Waals surface area contributed by atoms with E-state index in [-0.39, 0.29) is 11.5 Å². The zero-order valence-corrected chi connectivity index (χ0v) is 12.7. The highest BCUT2D eigenvalue weighted by Crippen LogP contribution is 2.48. The summed E-state index contributed by atoms with van der Waals surface area (Å²) in [7, 11) is 0. The van der Waals surface area contributed by atoms with Crippen molar-refractivity contribution >= 4 is 21.8 Å². The van der Waals surface area contributed by atoms with Gasteiger partial charge in [0.15, 0.2) is 0 Å². The van der Waals surface area contributed by atoms with E-state index in [0.717, 1.165) is 35.0 Å². The minimum atomic E-state index is 0.202. The lowest BCUT2D eigenvalue weighted by Crippen LogP contribution is -1.91. The molecule has 6 rings (SSSR count). The zero-order chi connectivity index (χ0) is 16.0. The molecule has 0 unspecified atom stereocenters. The number of para-hydroxylation sites is 2. The van der Waals surface area contributed by atoms with Crippen molar-refractivity contribution in [3.05, 3.63) is 58.7 Å². The van der Waals surface area contributed by atoms with Crippen LogP contribution in [-0.4, -0.2) is 20.2 Å². The minimum Gasteiger partial charge on any atom is -0.506 e. The van der Waals surface area contributed by atoms with Crippen LogP contribution in [0.1, 0.15) is 22.3 Å². The highest BCUT2D eigenvalue weighted by molar-refractivity contribution is 5.99. The van der Waals surface area contributed by atoms with Gasteiger partial charge in [-0.05, 0) is 34.4 Å². The van der Waals surface area contributed by atoms with Crippen LogP contribution in [0.5, 0.6) is 11.5 Å². The second-order valence-electron chi connectivity index (χ2n) is 6.54. The molecule has 2 aliphatic rings. The Morgan fingerprint density at radius 2 is 1.08 bits per heavy atom. The predicted octanol–water partition coefficient (Wildman–Crippen LogP) is 3.67. The van der Waals surface area contributed by atoms with Gasteiger partial charge < -0.3 is 10.2 Å². The number of aromatic nitrogens is 2. The third-order valence-corrected chi connectivity index (χ3v) is 5.11.